The van der Waals surface area contributed by atoms with Gasteiger partial charge < -0.3 is 15.4 Å². The number of carbonyl (C=O) groups is 1. The number of aromatic nitrogens is 1. The van der Waals surface area contributed by atoms with E-state index in [4.69, 9.17) is 4.74 Å². The molecule has 2 rings (SSSR count). The van der Waals surface area contributed by atoms with Gasteiger partial charge in [0.25, 0.3) is 5.91 Å². The van der Waals surface area contributed by atoms with Gasteiger partial charge in [0.1, 0.15) is 17.4 Å². The van der Waals surface area contributed by atoms with Gasteiger partial charge in [-0.3, -0.25) is 9.78 Å². The van der Waals surface area contributed by atoms with Crippen molar-refractivity contribution in [1.82, 2.24) is 15.6 Å². The minimum atomic E-state index is -0.434. The molecule has 1 aromatic heterocycles. The Morgan fingerprint density at radius 2 is 2.07 bits per heavy atom. The molecule has 0 spiro atoms. The Bertz CT molecular complexity index is 841. The highest BCUT2D eigenvalue weighted by Crippen LogP contribution is 2.26. The molecule has 6 nitrogen and oxygen atoms in total. The number of nitrogens with zero attached hydrogens (tertiary/aromatic N) is 2. The van der Waals surface area contributed by atoms with Gasteiger partial charge in [-0.25, -0.2) is 0 Å². The molecule has 2 N–H and O–H groups in total. The molecule has 1 amide bonds. The standard InChI is InChI=1S/C21H24N4O2/c1-4-27-20-6-5-15(2)11-19(20)16(3)25-21(26)18(12-22)14-24-13-17-7-9-23-10-8-17/h5-11,14,16,24H,4,13H2,1-3H3,(H,25,26)/b18-14-. The number of ether oxygens (including phenoxy) is 1. The molecule has 0 aliphatic rings. The minimum absolute atomic E-state index is 0.0153. The fourth-order valence-corrected chi connectivity index (χ4v) is 2.57. The number of nitrogens with one attached hydrogen (secondary N) is 2. The normalized spacial score (nSPS) is 12.0. The smallest absolute Gasteiger partial charge is 0.263 e. The van der Waals surface area contributed by atoms with Crippen LogP contribution in [0.15, 0.2) is 54.5 Å². The lowest BCUT2D eigenvalue weighted by atomic mass is 10.0. The first-order valence-electron chi connectivity index (χ1n) is 8.82. The fourth-order valence-electron chi connectivity index (χ4n) is 2.57. The molecule has 0 fully saturated rings. The van der Waals surface area contributed by atoms with Crippen molar-refractivity contribution in [2.45, 2.75) is 33.4 Å². The van der Waals surface area contributed by atoms with E-state index in [1.807, 2.05) is 57.2 Å². The summed E-state index contributed by atoms with van der Waals surface area (Å²) in [5, 5.41) is 15.2. The van der Waals surface area contributed by atoms with E-state index in [0.717, 1.165) is 22.4 Å². The van der Waals surface area contributed by atoms with Gasteiger partial charge in [0.15, 0.2) is 0 Å². The maximum absolute atomic E-state index is 12.5. The van der Waals surface area contributed by atoms with Crippen LogP contribution in [-0.4, -0.2) is 17.5 Å². The molecule has 1 unspecified atom stereocenters. The molecule has 0 aliphatic carbocycles. The Hall–Kier alpha value is -3.33. The van der Waals surface area contributed by atoms with Crippen molar-refractivity contribution in [3.63, 3.8) is 0 Å². The summed E-state index contributed by atoms with van der Waals surface area (Å²) in [4.78, 5) is 16.4. The highest BCUT2D eigenvalue weighted by atomic mass is 16.5. The zero-order valence-corrected chi connectivity index (χ0v) is 15.8. The molecule has 1 aromatic carbocycles. The number of rotatable bonds is 8. The van der Waals surface area contributed by atoms with Crippen molar-refractivity contribution in [3.8, 4) is 11.8 Å². The van der Waals surface area contributed by atoms with Gasteiger partial charge in [-0.05, 0) is 44.5 Å². The quantitative estimate of drug-likeness (QED) is 0.555. The molecule has 2 aromatic rings. The molecule has 0 radical (unpaired) electrons. The van der Waals surface area contributed by atoms with Gasteiger partial charge in [-0.15, -0.1) is 0 Å². The lowest BCUT2D eigenvalue weighted by Crippen LogP contribution is -2.29. The highest BCUT2D eigenvalue weighted by Gasteiger charge is 2.17. The van der Waals surface area contributed by atoms with Crippen LogP contribution in [0, 0.1) is 18.3 Å². The highest BCUT2D eigenvalue weighted by molar-refractivity contribution is 5.97. The lowest BCUT2D eigenvalue weighted by Gasteiger charge is -2.18. The predicted octanol–water partition coefficient (Wildman–Crippen LogP) is 3.16. The first-order valence-corrected chi connectivity index (χ1v) is 8.82. The minimum Gasteiger partial charge on any atom is -0.494 e. The van der Waals surface area contributed by atoms with Crippen LogP contribution in [0.2, 0.25) is 0 Å². The Balaban J connectivity index is 2.04. The largest absolute Gasteiger partial charge is 0.494 e. The van der Waals surface area contributed by atoms with Gasteiger partial charge in [0.05, 0.1) is 12.6 Å². The van der Waals surface area contributed by atoms with E-state index < -0.39 is 5.91 Å². The second-order valence-electron chi connectivity index (χ2n) is 6.08. The van der Waals surface area contributed by atoms with Crippen LogP contribution in [0.3, 0.4) is 0 Å². The average Bonchev–Trinajstić information content (AvgIpc) is 2.67. The number of carbonyl (C=O) groups excluding carboxylic acids is 1. The van der Waals surface area contributed by atoms with Crippen LogP contribution in [0.25, 0.3) is 0 Å². The zero-order chi connectivity index (χ0) is 19.6. The number of hydrogen-bond acceptors (Lipinski definition) is 5. The van der Waals surface area contributed by atoms with Crippen molar-refractivity contribution in [2.24, 2.45) is 0 Å². The molecule has 0 saturated heterocycles. The van der Waals surface area contributed by atoms with E-state index >= 15 is 0 Å². The number of nitriles is 1. The van der Waals surface area contributed by atoms with Gasteiger partial charge in [-0.2, -0.15) is 5.26 Å². The number of aryl methyl sites for hydroxylation is 1. The summed E-state index contributed by atoms with van der Waals surface area (Å²) >= 11 is 0. The van der Waals surface area contributed by atoms with Gasteiger partial charge in [0.2, 0.25) is 0 Å². The third-order valence-corrected chi connectivity index (χ3v) is 3.95. The van der Waals surface area contributed by atoms with E-state index in [0.29, 0.717) is 13.2 Å². The lowest BCUT2D eigenvalue weighted by molar-refractivity contribution is -0.117. The number of amides is 1. The molecule has 27 heavy (non-hydrogen) atoms. The van der Waals surface area contributed by atoms with E-state index in [1.165, 1.54) is 6.20 Å². The molecule has 1 heterocycles. The van der Waals surface area contributed by atoms with E-state index in [9.17, 15) is 10.1 Å². The molecule has 0 aliphatic heterocycles. The Morgan fingerprint density at radius 3 is 2.74 bits per heavy atom. The van der Waals surface area contributed by atoms with E-state index in [1.54, 1.807) is 12.4 Å². The summed E-state index contributed by atoms with van der Waals surface area (Å²) in [7, 11) is 0. The van der Waals surface area contributed by atoms with Gasteiger partial charge in [-0.1, -0.05) is 17.7 Å². The monoisotopic (exact) mass is 364 g/mol. The molecular formula is C21H24N4O2. The molecule has 6 heteroatoms. The summed E-state index contributed by atoms with van der Waals surface area (Å²) < 4.78 is 5.65. The maximum atomic E-state index is 12.5. The fraction of sp³-hybridized carbons (Fsp3) is 0.286. The molecule has 1 atom stereocenters. The molecular weight excluding hydrogens is 340 g/mol. The van der Waals surface area contributed by atoms with Crippen LogP contribution in [0.4, 0.5) is 0 Å². The average molecular weight is 364 g/mol. The Morgan fingerprint density at radius 1 is 1.33 bits per heavy atom. The predicted molar refractivity (Wildman–Crippen MR) is 104 cm³/mol. The SMILES string of the molecule is CCOc1ccc(C)cc1C(C)NC(=O)/C(C#N)=C\NCc1ccncc1. The van der Waals surface area contributed by atoms with Crippen molar-refractivity contribution in [2.75, 3.05) is 6.61 Å². The molecule has 0 bridgehead atoms. The summed E-state index contributed by atoms with van der Waals surface area (Å²) in [6.45, 7) is 6.81. The number of hydrogen-bond donors (Lipinski definition) is 2. The van der Waals surface area contributed by atoms with E-state index in [2.05, 4.69) is 15.6 Å². The Kier molecular flexibility index (Phi) is 7.38. The topological polar surface area (TPSA) is 87.0 Å². The van der Waals surface area contributed by atoms with Crippen LogP contribution in [0.5, 0.6) is 5.75 Å². The van der Waals surface area contributed by atoms with Crippen molar-refractivity contribution >= 4 is 5.91 Å². The summed E-state index contributed by atoms with van der Waals surface area (Å²) in [6, 6.07) is 11.2. The maximum Gasteiger partial charge on any atom is 0.263 e. The van der Waals surface area contributed by atoms with Gasteiger partial charge >= 0.3 is 0 Å². The van der Waals surface area contributed by atoms with Crippen molar-refractivity contribution in [3.05, 3.63) is 71.2 Å². The van der Waals surface area contributed by atoms with Crippen LogP contribution in [-0.2, 0) is 11.3 Å². The second kappa shape index (κ2) is 9.97. The first-order chi connectivity index (χ1) is 13.0. The summed E-state index contributed by atoms with van der Waals surface area (Å²) in [5.41, 5.74) is 2.98. The van der Waals surface area contributed by atoms with Crippen LogP contribution < -0.4 is 15.4 Å². The van der Waals surface area contributed by atoms with Crippen molar-refractivity contribution in [1.29, 1.82) is 5.26 Å². The van der Waals surface area contributed by atoms with Crippen LogP contribution in [0.1, 0.15) is 36.6 Å². The second-order valence-corrected chi connectivity index (χ2v) is 6.08. The summed E-state index contributed by atoms with van der Waals surface area (Å²) in [6.07, 6.45) is 4.82. The van der Waals surface area contributed by atoms with Crippen LogP contribution >= 0.6 is 0 Å². The molecule has 0 saturated carbocycles. The zero-order valence-electron chi connectivity index (χ0n) is 15.8. The first kappa shape index (κ1) is 20.0. The Labute approximate surface area is 159 Å². The molecule has 140 valence electrons. The van der Waals surface area contributed by atoms with E-state index in [-0.39, 0.29) is 11.6 Å². The third-order valence-electron chi connectivity index (χ3n) is 3.95. The third kappa shape index (κ3) is 5.86. The van der Waals surface area contributed by atoms with Gasteiger partial charge in [0, 0.05) is 30.7 Å². The van der Waals surface area contributed by atoms with Crippen molar-refractivity contribution < 1.29 is 9.53 Å². The number of pyridine rings is 1. The number of benzene rings is 1. The summed E-state index contributed by atoms with van der Waals surface area (Å²) in [5.74, 6) is 0.297.